The predicted molar refractivity (Wildman–Crippen MR) is 97.3 cm³/mol. The molecule has 0 saturated heterocycles. The number of nitrogens with one attached hydrogen (secondary N) is 1. The molecule has 0 saturated carbocycles. The first kappa shape index (κ1) is 19.2. The number of hydrogen-bond donors (Lipinski definition) is 3. The summed E-state index contributed by atoms with van der Waals surface area (Å²) in [5.41, 5.74) is 4.32. The minimum atomic E-state index is 0. The average molecular weight is 396 g/mol. The van der Waals surface area contributed by atoms with Crippen LogP contribution in [0.1, 0.15) is 5.56 Å². The molecule has 6 nitrogen and oxygen atoms in total. The van der Waals surface area contributed by atoms with E-state index in [0.29, 0.717) is 17.2 Å². The van der Waals surface area contributed by atoms with Crippen molar-refractivity contribution in [1.82, 2.24) is 0 Å². The fourth-order valence-electron chi connectivity index (χ4n) is 2.06. The van der Waals surface area contributed by atoms with E-state index in [9.17, 15) is 10.2 Å². The van der Waals surface area contributed by atoms with Crippen molar-refractivity contribution in [2.75, 3.05) is 5.43 Å². The van der Waals surface area contributed by atoms with E-state index in [0.717, 1.165) is 5.56 Å². The van der Waals surface area contributed by atoms with Crippen molar-refractivity contribution >= 4 is 17.2 Å². The van der Waals surface area contributed by atoms with Crippen molar-refractivity contribution in [3.63, 3.8) is 0 Å². The maximum atomic E-state index is 9.82. The van der Waals surface area contributed by atoms with Gasteiger partial charge in [0, 0.05) is 22.6 Å². The minimum absolute atomic E-state index is 0. The van der Waals surface area contributed by atoms with Crippen LogP contribution in [0.4, 0.5) is 11.4 Å². The van der Waals surface area contributed by atoms with Crippen LogP contribution in [0.15, 0.2) is 94.2 Å². The van der Waals surface area contributed by atoms with Gasteiger partial charge in [0.1, 0.15) is 17.2 Å². The molecule has 3 aromatic carbocycles. The van der Waals surface area contributed by atoms with E-state index in [1.807, 2.05) is 30.3 Å². The second-order valence-corrected chi connectivity index (χ2v) is 5.12. The second kappa shape index (κ2) is 9.36. The molecule has 0 atom stereocenters. The Bertz CT molecular complexity index is 914. The second-order valence-electron chi connectivity index (χ2n) is 5.12. The molecule has 0 unspecified atom stereocenters. The van der Waals surface area contributed by atoms with Crippen LogP contribution in [0.3, 0.4) is 0 Å². The Hall–Kier alpha value is -3.15. The van der Waals surface area contributed by atoms with Crippen LogP contribution >= 0.6 is 0 Å². The van der Waals surface area contributed by atoms with Gasteiger partial charge in [0.2, 0.25) is 5.84 Å². The zero-order valence-electron chi connectivity index (χ0n) is 13.5. The van der Waals surface area contributed by atoms with Gasteiger partial charge in [-0.05, 0) is 24.3 Å². The van der Waals surface area contributed by atoms with Gasteiger partial charge in [0.05, 0.1) is 5.69 Å². The molecule has 0 amide bonds. The van der Waals surface area contributed by atoms with Crippen molar-refractivity contribution in [2.24, 2.45) is 15.3 Å². The SMILES string of the molecule is Oc1ccccc1N=N/C(=N\Nc1ccccc1O)c1ccccc1.[Cu]. The van der Waals surface area contributed by atoms with E-state index in [1.165, 1.54) is 6.07 Å². The number of phenolic OH excluding ortho intramolecular Hbond substituents is 2. The number of amidine groups is 1. The molecule has 3 aromatic rings. The van der Waals surface area contributed by atoms with Crippen LogP contribution < -0.4 is 5.43 Å². The number of nitrogens with zero attached hydrogens (tertiary/aromatic N) is 3. The van der Waals surface area contributed by atoms with Gasteiger partial charge < -0.3 is 10.2 Å². The summed E-state index contributed by atoms with van der Waals surface area (Å²) in [6.07, 6.45) is 0. The molecule has 0 fully saturated rings. The standard InChI is InChI=1S/C19H16N4O2.Cu/c24-17-12-6-4-10-15(17)20-22-19(14-8-2-1-3-9-14)23-21-16-11-5-7-13-18(16)25;/h1-13,20,24-25H;/b22-19-,23-21?;. The Kier molecular flexibility index (Phi) is 6.91. The molecule has 7 heteroatoms. The van der Waals surface area contributed by atoms with Gasteiger partial charge in [-0.25, -0.2) is 0 Å². The molecule has 0 heterocycles. The number of phenols is 2. The van der Waals surface area contributed by atoms with Gasteiger partial charge in [-0.2, -0.15) is 5.10 Å². The monoisotopic (exact) mass is 395 g/mol. The molecule has 3 rings (SSSR count). The molecule has 1 radical (unpaired) electrons. The number of para-hydroxylation sites is 3. The summed E-state index contributed by atoms with van der Waals surface area (Å²) < 4.78 is 0. The summed E-state index contributed by atoms with van der Waals surface area (Å²) >= 11 is 0. The van der Waals surface area contributed by atoms with E-state index >= 15 is 0 Å². The average Bonchev–Trinajstić information content (AvgIpc) is 2.65. The fourth-order valence-corrected chi connectivity index (χ4v) is 2.06. The molecule has 0 bridgehead atoms. The normalized spacial score (nSPS) is 11.2. The van der Waals surface area contributed by atoms with E-state index in [2.05, 4.69) is 20.8 Å². The smallest absolute Gasteiger partial charge is 0.201 e. The van der Waals surface area contributed by atoms with Gasteiger partial charge in [-0.3, -0.25) is 5.43 Å². The predicted octanol–water partition coefficient (Wildman–Crippen LogP) is 4.65. The molecule has 26 heavy (non-hydrogen) atoms. The molecule has 135 valence electrons. The van der Waals surface area contributed by atoms with Crippen LogP contribution in [0, 0.1) is 0 Å². The molecule has 3 N–H and O–H groups in total. The minimum Gasteiger partial charge on any atom is -0.506 e. The molecular formula is C19H16CuN4O2. The fraction of sp³-hybridized carbons (Fsp3) is 0. The Labute approximate surface area is 161 Å². The van der Waals surface area contributed by atoms with Crippen molar-refractivity contribution in [3.8, 4) is 11.5 Å². The number of azo groups is 1. The number of rotatable bonds is 4. The van der Waals surface area contributed by atoms with Crippen molar-refractivity contribution in [3.05, 3.63) is 84.4 Å². The number of anilines is 1. The molecule has 0 spiro atoms. The Morgan fingerprint density at radius 2 is 1.35 bits per heavy atom. The summed E-state index contributed by atoms with van der Waals surface area (Å²) in [5.74, 6) is 0.427. The van der Waals surface area contributed by atoms with E-state index in [-0.39, 0.29) is 28.6 Å². The van der Waals surface area contributed by atoms with Crippen molar-refractivity contribution in [2.45, 2.75) is 0 Å². The van der Waals surface area contributed by atoms with Gasteiger partial charge in [-0.15, -0.1) is 10.2 Å². The molecule has 0 aliphatic carbocycles. The first-order valence-corrected chi connectivity index (χ1v) is 7.61. The van der Waals surface area contributed by atoms with Crippen molar-refractivity contribution < 1.29 is 27.3 Å². The van der Waals surface area contributed by atoms with Gasteiger partial charge in [0.25, 0.3) is 0 Å². The van der Waals surface area contributed by atoms with Gasteiger partial charge >= 0.3 is 0 Å². The first-order chi connectivity index (χ1) is 12.2. The third kappa shape index (κ3) is 4.92. The van der Waals surface area contributed by atoms with E-state index < -0.39 is 0 Å². The third-order valence-electron chi connectivity index (χ3n) is 3.35. The zero-order valence-corrected chi connectivity index (χ0v) is 14.5. The van der Waals surface area contributed by atoms with Crippen molar-refractivity contribution in [1.29, 1.82) is 0 Å². The van der Waals surface area contributed by atoms with Gasteiger partial charge in [0.15, 0.2) is 0 Å². The van der Waals surface area contributed by atoms with Crippen LogP contribution in [-0.2, 0) is 17.1 Å². The Morgan fingerprint density at radius 1 is 0.731 bits per heavy atom. The molecule has 0 aromatic heterocycles. The molecule has 0 aliphatic rings. The summed E-state index contributed by atoms with van der Waals surface area (Å²) in [7, 11) is 0. The topological polar surface area (TPSA) is 89.6 Å². The Morgan fingerprint density at radius 3 is 2.04 bits per heavy atom. The quantitative estimate of drug-likeness (QED) is 0.150. The summed E-state index contributed by atoms with van der Waals surface area (Å²) in [4.78, 5) is 0. The zero-order chi connectivity index (χ0) is 17.5. The van der Waals surface area contributed by atoms with Crippen LogP contribution in [-0.4, -0.2) is 16.0 Å². The number of aromatic hydroxyl groups is 2. The van der Waals surface area contributed by atoms with Crippen LogP contribution in [0.2, 0.25) is 0 Å². The molecule has 0 aliphatic heterocycles. The number of benzene rings is 3. The summed E-state index contributed by atoms with van der Waals surface area (Å²) in [6.45, 7) is 0. The van der Waals surface area contributed by atoms with E-state index in [1.54, 1.807) is 42.5 Å². The summed E-state index contributed by atoms with van der Waals surface area (Å²) in [5, 5.41) is 32.0. The van der Waals surface area contributed by atoms with Crippen LogP contribution in [0.5, 0.6) is 11.5 Å². The number of hydrogen-bond acceptors (Lipinski definition) is 5. The number of hydrazone groups is 1. The summed E-state index contributed by atoms with van der Waals surface area (Å²) in [6, 6.07) is 22.7. The third-order valence-corrected chi connectivity index (χ3v) is 3.35. The molecular weight excluding hydrogens is 380 g/mol. The largest absolute Gasteiger partial charge is 0.506 e. The first-order valence-electron chi connectivity index (χ1n) is 7.61. The van der Waals surface area contributed by atoms with Gasteiger partial charge in [-0.1, -0.05) is 54.6 Å². The maximum absolute atomic E-state index is 9.82. The van der Waals surface area contributed by atoms with Crippen LogP contribution in [0.25, 0.3) is 0 Å². The van der Waals surface area contributed by atoms with E-state index in [4.69, 9.17) is 0 Å². The Balaban J connectivity index is 0.00000243. The maximum Gasteiger partial charge on any atom is 0.201 e.